The molecule has 1 heterocycles. The second-order valence-electron chi connectivity index (χ2n) is 13.8. The zero-order valence-electron chi connectivity index (χ0n) is 25.3. The molecule has 42 heavy (non-hydrogen) atoms. The van der Waals surface area contributed by atoms with Crippen LogP contribution in [0.4, 0.5) is 5.69 Å². The Hall–Kier alpha value is -1.79. The Kier molecular flexibility index (Phi) is 6.62. The summed E-state index contributed by atoms with van der Waals surface area (Å²) in [6.45, 7) is 3.54. The summed E-state index contributed by atoms with van der Waals surface area (Å²) in [6, 6.07) is 6.55. The highest BCUT2D eigenvalue weighted by Crippen LogP contribution is 2.80. The molecule has 7 bridgehead atoms. The van der Waals surface area contributed by atoms with Gasteiger partial charge in [-0.2, -0.15) is 0 Å². The third-order valence-electron chi connectivity index (χ3n) is 13.0. The molecule has 0 aromatic heterocycles. The Morgan fingerprint density at radius 3 is 2.50 bits per heavy atom. The van der Waals surface area contributed by atoms with E-state index in [1.807, 2.05) is 0 Å². The molecule has 4 N–H and O–H groups in total. The normalized spacial score (nSPS) is 50.1. The topological polar surface area (TPSA) is 133 Å². The number of likely N-dealkylation sites (N-methyl/N-ethyl adjacent to an activating group) is 1. The highest BCUT2D eigenvalue weighted by atomic mass is 16.5. The monoisotopic (exact) mass is 586 g/mol. The molecule has 6 aliphatic rings. The summed E-state index contributed by atoms with van der Waals surface area (Å²) in [5.74, 6) is -0.892. The van der Waals surface area contributed by atoms with Gasteiger partial charge in [-0.05, 0) is 43.9 Å². The molecule has 1 aromatic carbocycles. The third-order valence-corrected chi connectivity index (χ3v) is 13.0. The lowest BCUT2D eigenvalue weighted by Crippen LogP contribution is -2.82. The van der Waals surface area contributed by atoms with Crippen LogP contribution in [0.5, 0.6) is 0 Å². The van der Waals surface area contributed by atoms with Gasteiger partial charge in [0.2, 0.25) is 0 Å². The number of hydrogen-bond donors (Lipinski definition) is 3. The second-order valence-corrected chi connectivity index (χ2v) is 13.8. The number of benzene rings is 1. The van der Waals surface area contributed by atoms with E-state index in [1.165, 1.54) is 0 Å². The fraction of sp³-hybridized carbons (Fsp3) is 0.781. The van der Waals surface area contributed by atoms with Crippen molar-refractivity contribution in [3.8, 4) is 0 Å². The van der Waals surface area contributed by atoms with Gasteiger partial charge in [-0.15, -0.1) is 0 Å². The number of nitrogens with two attached hydrogens (primary N) is 1. The van der Waals surface area contributed by atoms with Crippen LogP contribution >= 0.6 is 0 Å². The predicted molar refractivity (Wildman–Crippen MR) is 153 cm³/mol. The number of nitrogen functional groups attached to an aromatic ring is 1. The van der Waals surface area contributed by atoms with E-state index in [-0.39, 0.29) is 48.6 Å². The Morgan fingerprint density at radius 1 is 1.10 bits per heavy atom. The fourth-order valence-corrected chi connectivity index (χ4v) is 12.0. The van der Waals surface area contributed by atoms with E-state index in [2.05, 4.69) is 11.8 Å². The molecule has 10 heteroatoms. The zero-order chi connectivity index (χ0) is 29.8. The minimum Gasteiger partial charge on any atom is -0.461 e. The number of aliphatic hydroxyl groups is 2. The third kappa shape index (κ3) is 3.12. The summed E-state index contributed by atoms with van der Waals surface area (Å²) < 4.78 is 31.1. The molecule has 0 unspecified atom stereocenters. The minimum atomic E-state index is -1.62. The average molecular weight is 587 g/mol. The maximum atomic E-state index is 13.4. The molecule has 0 amide bonds. The van der Waals surface area contributed by atoms with Crippen LogP contribution in [0.2, 0.25) is 0 Å². The van der Waals surface area contributed by atoms with E-state index in [9.17, 15) is 15.0 Å². The zero-order valence-corrected chi connectivity index (χ0v) is 25.3. The molecule has 5 saturated carbocycles. The van der Waals surface area contributed by atoms with E-state index >= 15 is 0 Å². The number of anilines is 1. The summed E-state index contributed by atoms with van der Waals surface area (Å²) in [5, 5.41) is 26.3. The highest BCUT2D eigenvalue weighted by Gasteiger charge is 2.91. The molecule has 10 nitrogen and oxygen atoms in total. The molecule has 7 rings (SSSR count). The van der Waals surface area contributed by atoms with Gasteiger partial charge in [-0.1, -0.05) is 19.1 Å². The van der Waals surface area contributed by atoms with Gasteiger partial charge in [-0.3, -0.25) is 4.90 Å². The number of hydrogen-bond acceptors (Lipinski definition) is 10. The van der Waals surface area contributed by atoms with Crippen molar-refractivity contribution in [1.82, 2.24) is 4.90 Å². The standard InChI is InChI=1S/C32H46N2O8/c1-6-34-15-29(16-42-27(35)17-9-7-8-10-20(17)33)12-11-22(39-3)31-19-13-18-21(38-2)14-30(36,23(19)24(18)40-4)32(37,28(31)34)26(41-5)25(29)31/h7-10,18-19,21-26,28,36-37H,6,11-16,33H2,1-5H3/t18-,19-,21+,22+,23-,24+,25+,26+,28+,29+,30-,31+,32-/m1/s1. The van der Waals surface area contributed by atoms with Crippen LogP contribution in [-0.2, 0) is 23.7 Å². The number of ether oxygens (including phenoxy) is 5. The number of nitrogens with zero attached hydrogens (tertiary/aromatic N) is 1. The van der Waals surface area contributed by atoms with Crippen LogP contribution in [0.25, 0.3) is 0 Å². The van der Waals surface area contributed by atoms with Crippen molar-refractivity contribution in [2.45, 2.75) is 74.3 Å². The summed E-state index contributed by atoms with van der Waals surface area (Å²) in [6.07, 6.45) is 1.22. The van der Waals surface area contributed by atoms with Gasteiger partial charge in [0.1, 0.15) is 11.2 Å². The maximum Gasteiger partial charge on any atom is 0.340 e. The molecule has 1 spiro atoms. The number of esters is 1. The van der Waals surface area contributed by atoms with Crippen LogP contribution < -0.4 is 5.73 Å². The van der Waals surface area contributed by atoms with Crippen LogP contribution in [-0.4, -0.2) is 111 Å². The van der Waals surface area contributed by atoms with Crippen molar-refractivity contribution >= 4 is 11.7 Å². The molecule has 1 saturated heterocycles. The van der Waals surface area contributed by atoms with Crippen molar-refractivity contribution in [2.24, 2.45) is 34.5 Å². The number of piperidine rings is 1. The molecule has 6 fully saturated rings. The molecule has 5 aliphatic carbocycles. The number of carbonyl (C=O) groups excluding carboxylic acids is 1. The molecular weight excluding hydrogens is 540 g/mol. The van der Waals surface area contributed by atoms with E-state index < -0.39 is 40.1 Å². The number of fused-ring (bicyclic) bond motifs is 2. The smallest absolute Gasteiger partial charge is 0.340 e. The number of carbonyl (C=O) groups is 1. The minimum absolute atomic E-state index is 0.00697. The fourth-order valence-electron chi connectivity index (χ4n) is 12.0. The van der Waals surface area contributed by atoms with E-state index in [1.54, 1.807) is 52.7 Å². The van der Waals surface area contributed by atoms with Crippen LogP contribution in [0.1, 0.15) is 43.0 Å². The summed E-state index contributed by atoms with van der Waals surface area (Å²) in [5.41, 5.74) is 2.65. The molecule has 1 aliphatic heterocycles. The lowest BCUT2D eigenvalue weighted by molar-refractivity contribution is -0.320. The molecule has 1 aromatic rings. The number of methoxy groups -OCH3 is 4. The lowest BCUT2D eigenvalue weighted by atomic mass is 9.42. The van der Waals surface area contributed by atoms with Crippen molar-refractivity contribution in [3.05, 3.63) is 29.8 Å². The first kappa shape index (κ1) is 29.0. The first-order valence-corrected chi connectivity index (χ1v) is 15.5. The van der Waals surface area contributed by atoms with Crippen molar-refractivity contribution in [1.29, 1.82) is 0 Å². The summed E-state index contributed by atoms with van der Waals surface area (Å²) in [4.78, 5) is 15.7. The largest absolute Gasteiger partial charge is 0.461 e. The van der Waals surface area contributed by atoms with Gasteiger partial charge in [0.25, 0.3) is 0 Å². The molecular formula is C32H46N2O8. The van der Waals surface area contributed by atoms with Crippen molar-refractivity contribution in [2.75, 3.05) is 53.9 Å². The number of rotatable bonds is 8. The first-order chi connectivity index (χ1) is 20.1. The molecule has 0 radical (unpaired) electrons. The van der Waals surface area contributed by atoms with Crippen molar-refractivity contribution in [3.63, 3.8) is 0 Å². The SMILES string of the molecule is CCN1C[C@]2(COC(=O)c3ccccc3N)CC[C@H](OC)[C@@]34[C@@H]5C[C@H]6[C@H](OC)[C@@H]5[C@](O)(C[C@@H]6OC)[C@@](O)([C@@H](OC)[C@@H]23)[C@@H]14. The van der Waals surface area contributed by atoms with Gasteiger partial charge < -0.3 is 39.6 Å². The van der Waals surface area contributed by atoms with Gasteiger partial charge in [0.05, 0.1) is 42.6 Å². The molecule has 232 valence electrons. The lowest BCUT2D eigenvalue weighted by Gasteiger charge is -2.70. The van der Waals surface area contributed by atoms with E-state index in [4.69, 9.17) is 29.4 Å². The Morgan fingerprint density at radius 2 is 1.86 bits per heavy atom. The van der Waals surface area contributed by atoms with Crippen molar-refractivity contribution < 1.29 is 38.7 Å². The van der Waals surface area contributed by atoms with Gasteiger partial charge in [0, 0.05) is 75.7 Å². The van der Waals surface area contributed by atoms with E-state index in [0.29, 0.717) is 30.8 Å². The summed E-state index contributed by atoms with van der Waals surface area (Å²) >= 11 is 0. The number of likely N-dealkylation sites (tertiary alicyclic amines) is 1. The Bertz CT molecular complexity index is 1250. The maximum absolute atomic E-state index is 13.4. The second kappa shape index (κ2) is 9.60. The highest BCUT2D eigenvalue weighted by molar-refractivity contribution is 5.95. The van der Waals surface area contributed by atoms with E-state index in [0.717, 1.165) is 19.3 Å². The molecule has 13 atom stereocenters. The predicted octanol–water partition coefficient (Wildman–Crippen LogP) is 1.72. The summed E-state index contributed by atoms with van der Waals surface area (Å²) in [7, 11) is 6.80. The first-order valence-electron chi connectivity index (χ1n) is 15.5. The van der Waals surface area contributed by atoms with Crippen LogP contribution in [0, 0.1) is 34.5 Å². The van der Waals surface area contributed by atoms with Gasteiger partial charge in [-0.25, -0.2) is 4.79 Å². The Labute approximate surface area is 247 Å². The van der Waals surface area contributed by atoms with Crippen LogP contribution in [0.15, 0.2) is 24.3 Å². The van der Waals surface area contributed by atoms with Gasteiger partial charge in [0.15, 0.2) is 0 Å². The average Bonchev–Trinajstić information content (AvgIpc) is 3.41. The quantitative estimate of drug-likeness (QED) is 0.306. The van der Waals surface area contributed by atoms with Crippen LogP contribution in [0.3, 0.4) is 0 Å². The van der Waals surface area contributed by atoms with Gasteiger partial charge >= 0.3 is 5.97 Å². The number of para-hydroxylation sites is 1. The Balaban J connectivity index is 1.41.